The van der Waals surface area contributed by atoms with E-state index in [-0.39, 0.29) is 42.4 Å². The van der Waals surface area contributed by atoms with E-state index >= 15 is 0 Å². The molecule has 210 valence electrons. The van der Waals surface area contributed by atoms with Crippen molar-refractivity contribution in [3.8, 4) is 0 Å². The highest BCUT2D eigenvalue weighted by molar-refractivity contribution is 6.01. The zero-order chi connectivity index (χ0) is 27.9. The molecule has 3 aliphatic heterocycles. The first-order chi connectivity index (χ1) is 17.9. The number of nitrogens with one attached hydrogen (secondary N) is 2. The molecule has 4 amide bonds. The minimum absolute atomic E-state index is 0.0122. The molecule has 2 N–H and O–H groups in total. The van der Waals surface area contributed by atoms with Gasteiger partial charge in [0.25, 0.3) is 0 Å². The summed E-state index contributed by atoms with van der Waals surface area (Å²) >= 11 is 0. The lowest BCUT2D eigenvalue weighted by Crippen LogP contribution is -2.59. The van der Waals surface area contributed by atoms with Crippen LogP contribution in [-0.4, -0.2) is 84.1 Å². The zero-order valence-corrected chi connectivity index (χ0v) is 23.2. The number of ether oxygens (including phenoxy) is 2. The van der Waals surface area contributed by atoms with Gasteiger partial charge in [0.15, 0.2) is 0 Å². The van der Waals surface area contributed by atoms with E-state index in [0.717, 1.165) is 18.8 Å². The molecule has 1 aromatic carbocycles. The van der Waals surface area contributed by atoms with Crippen molar-refractivity contribution < 1.29 is 28.7 Å². The Morgan fingerprint density at radius 3 is 2.32 bits per heavy atom. The number of hydrogen-bond acceptors (Lipinski definition) is 7. The van der Waals surface area contributed by atoms with Gasteiger partial charge in [0.1, 0.15) is 5.60 Å². The Morgan fingerprint density at radius 2 is 1.76 bits per heavy atom. The Balaban J connectivity index is 0.000000715. The molecule has 0 aliphatic carbocycles. The summed E-state index contributed by atoms with van der Waals surface area (Å²) in [6.07, 6.45) is 2.98. The third kappa shape index (κ3) is 8.80. The van der Waals surface area contributed by atoms with Crippen LogP contribution in [0, 0.1) is 0 Å². The van der Waals surface area contributed by atoms with E-state index in [1.165, 1.54) is 12.8 Å². The summed E-state index contributed by atoms with van der Waals surface area (Å²) in [7, 11) is 0. The molecule has 3 aliphatic rings. The highest BCUT2D eigenvalue weighted by Crippen LogP contribution is 2.27. The van der Waals surface area contributed by atoms with Gasteiger partial charge in [0.05, 0.1) is 12.5 Å². The molecule has 3 atom stereocenters. The fourth-order valence-electron chi connectivity index (χ4n) is 4.87. The summed E-state index contributed by atoms with van der Waals surface area (Å²) in [6.45, 7) is 12.7. The maximum absolute atomic E-state index is 12.8. The van der Waals surface area contributed by atoms with Crippen molar-refractivity contribution in [3.63, 3.8) is 0 Å². The van der Waals surface area contributed by atoms with E-state index in [4.69, 9.17) is 9.47 Å². The zero-order valence-electron chi connectivity index (χ0n) is 23.2. The maximum Gasteiger partial charge on any atom is 0.410 e. The van der Waals surface area contributed by atoms with E-state index < -0.39 is 11.5 Å². The molecule has 1 unspecified atom stereocenters. The average Bonchev–Trinajstić information content (AvgIpc) is 3.41. The van der Waals surface area contributed by atoms with Gasteiger partial charge in [-0.3, -0.25) is 24.6 Å². The number of rotatable bonds is 4. The number of piperazine rings is 1. The molecule has 0 bridgehead atoms. The quantitative estimate of drug-likeness (QED) is 0.574. The maximum atomic E-state index is 12.8. The fourth-order valence-corrected chi connectivity index (χ4v) is 4.87. The molecule has 0 spiro atoms. The lowest BCUT2D eigenvalue weighted by molar-refractivity contribution is -0.134. The van der Waals surface area contributed by atoms with Crippen LogP contribution in [0.25, 0.3) is 0 Å². The van der Waals surface area contributed by atoms with Crippen molar-refractivity contribution in [1.82, 2.24) is 15.1 Å². The van der Waals surface area contributed by atoms with Crippen molar-refractivity contribution in [1.29, 1.82) is 0 Å². The Bertz CT molecular complexity index is 984. The second-order valence-electron chi connectivity index (χ2n) is 11.3. The van der Waals surface area contributed by atoms with Crippen LogP contribution in [0.1, 0.15) is 71.8 Å². The summed E-state index contributed by atoms with van der Waals surface area (Å²) in [5.41, 5.74) is 0.823. The van der Waals surface area contributed by atoms with Gasteiger partial charge in [0.2, 0.25) is 17.7 Å². The molecule has 1 aromatic rings. The van der Waals surface area contributed by atoms with Gasteiger partial charge in [-0.2, -0.15) is 0 Å². The molecule has 10 nitrogen and oxygen atoms in total. The molecule has 0 saturated carbocycles. The largest absolute Gasteiger partial charge is 0.444 e. The van der Waals surface area contributed by atoms with Gasteiger partial charge in [0, 0.05) is 50.5 Å². The molecule has 0 aromatic heterocycles. The Morgan fingerprint density at radius 1 is 1.11 bits per heavy atom. The summed E-state index contributed by atoms with van der Waals surface area (Å²) in [5.74, 6) is -1.13. The number of imide groups is 1. The van der Waals surface area contributed by atoms with Crippen molar-refractivity contribution in [3.05, 3.63) is 29.8 Å². The highest BCUT2D eigenvalue weighted by atomic mass is 16.6. The van der Waals surface area contributed by atoms with Crippen LogP contribution in [-0.2, 0) is 23.9 Å². The summed E-state index contributed by atoms with van der Waals surface area (Å²) in [4.78, 5) is 52.6. The number of hydrogen-bond donors (Lipinski definition) is 2. The smallest absolute Gasteiger partial charge is 0.410 e. The van der Waals surface area contributed by atoms with E-state index in [9.17, 15) is 19.2 Å². The third-order valence-electron chi connectivity index (χ3n) is 6.72. The molecule has 3 saturated heterocycles. The SMILES string of the molecule is C1CCOC1.C[C@@H]1CN(C(=O)OC(C)(C)C)C[C@H](C)N1CC(=O)Nc1cccc(C2CCC(=O)NC2=O)c1. The lowest BCUT2D eigenvalue weighted by atomic mass is 9.90. The highest BCUT2D eigenvalue weighted by Gasteiger charge is 2.35. The molecular weight excluding hydrogens is 488 g/mol. The first kappa shape index (κ1) is 29.6. The summed E-state index contributed by atoms with van der Waals surface area (Å²) in [5, 5.41) is 5.28. The molecule has 3 heterocycles. The van der Waals surface area contributed by atoms with Gasteiger partial charge in [-0.1, -0.05) is 12.1 Å². The average molecular weight is 531 g/mol. The Kier molecular flexibility index (Phi) is 10.3. The molecule has 3 fully saturated rings. The predicted octanol–water partition coefficient (Wildman–Crippen LogP) is 3.27. The van der Waals surface area contributed by atoms with Gasteiger partial charge in [-0.15, -0.1) is 0 Å². The second kappa shape index (κ2) is 13.2. The van der Waals surface area contributed by atoms with E-state index in [2.05, 4.69) is 15.5 Å². The van der Waals surface area contributed by atoms with Crippen molar-refractivity contribution in [2.75, 3.05) is 38.2 Å². The standard InChI is InChI=1S/C24H34N4O5.C4H8O/c1-15-12-27(23(32)33-24(3,4)5)13-16(2)28(15)14-21(30)25-18-8-6-7-17(11-18)19-9-10-20(29)26-22(19)31;1-2-4-5-3-1/h6-8,11,15-16,19H,9-10,12-14H2,1-5H3,(H,25,30)(H,26,29,31);1-4H2/t15-,16+,19?;. The van der Waals surface area contributed by atoms with Crippen LogP contribution in [0.2, 0.25) is 0 Å². The molecule has 0 radical (unpaired) electrons. The minimum atomic E-state index is -0.553. The number of carbonyl (C=O) groups excluding carboxylic acids is 4. The Hall–Kier alpha value is -2.98. The van der Waals surface area contributed by atoms with Gasteiger partial charge >= 0.3 is 6.09 Å². The Labute approximate surface area is 225 Å². The number of carbonyl (C=O) groups is 4. The third-order valence-corrected chi connectivity index (χ3v) is 6.72. The van der Waals surface area contributed by atoms with Crippen molar-refractivity contribution in [2.45, 2.75) is 83.9 Å². The fraction of sp³-hybridized carbons (Fsp3) is 0.643. The second-order valence-corrected chi connectivity index (χ2v) is 11.3. The van der Waals surface area contributed by atoms with Gasteiger partial charge in [-0.25, -0.2) is 4.79 Å². The summed E-state index contributed by atoms with van der Waals surface area (Å²) < 4.78 is 10.4. The molecule has 4 rings (SSSR count). The van der Waals surface area contributed by atoms with Crippen LogP contribution in [0.3, 0.4) is 0 Å². The molecular formula is C28H42N4O6. The predicted molar refractivity (Wildman–Crippen MR) is 144 cm³/mol. The topological polar surface area (TPSA) is 117 Å². The normalized spacial score (nSPS) is 24.2. The van der Waals surface area contributed by atoms with Crippen LogP contribution < -0.4 is 10.6 Å². The van der Waals surface area contributed by atoms with Crippen LogP contribution in [0.15, 0.2) is 24.3 Å². The van der Waals surface area contributed by atoms with Crippen molar-refractivity contribution >= 4 is 29.5 Å². The number of anilines is 1. The number of benzene rings is 1. The number of nitrogens with zero attached hydrogens (tertiary/aromatic N) is 2. The van der Waals surface area contributed by atoms with Gasteiger partial charge in [-0.05, 0) is 71.6 Å². The van der Waals surface area contributed by atoms with Gasteiger partial charge < -0.3 is 19.7 Å². The van der Waals surface area contributed by atoms with E-state index in [1.54, 1.807) is 23.1 Å². The first-order valence-corrected chi connectivity index (χ1v) is 13.5. The lowest BCUT2D eigenvalue weighted by Gasteiger charge is -2.44. The van der Waals surface area contributed by atoms with E-state index in [0.29, 0.717) is 31.6 Å². The van der Waals surface area contributed by atoms with Crippen LogP contribution in [0.5, 0.6) is 0 Å². The summed E-state index contributed by atoms with van der Waals surface area (Å²) in [6, 6.07) is 7.16. The van der Waals surface area contributed by atoms with Crippen molar-refractivity contribution in [2.24, 2.45) is 0 Å². The molecule has 10 heteroatoms. The minimum Gasteiger partial charge on any atom is -0.444 e. The van der Waals surface area contributed by atoms with E-state index in [1.807, 2.05) is 40.7 Å². The number of piperidine rings is 1. The first-order valence-electron chi connectivity index (χ1n) is 13.5. The monoisotopic (exact) mass is 530 g/mol. The number of amides is 4. The molecule has 38 heavy (non-hydrogen) atoms. The van der Waals surface area contributed by atoms with Crippen LogP contribution >= 0.6 is 0 Å². The van der Waals surface area contributed by atoms with Crippen LogP contribution in [0.4, 0.5) is 10.5 Å².